The molecule has 1 aromatic carbocycles. The van der Waals surface area contributed by atoms with Crippen LogP contribution in [0.2, 0.25) is 0 Å². The Hall–Kier alpha value is -3.18. The highest BCUT2D eigenvalue weighted by Crippen LogP contribution is 2.37. The van der Waals surface area contributed by atoms with E-state index in [0.717, 1.165) is 0 Å². The minimum absolute atomic E-state index is 0.0648. The summed E-state index contributed by atoms with van der Waals surface area (Å²) < 4.78 is 11.3. The molecule has 2 atom stereocenters. The lowest BCUT2D eigenvalue weighted by Gasteiger charge is -2.35. The lowest BCUT2D eigenvalue weighted by Crippen LogP contribution is -2.46. The monoisotopic (exact) mass is 354 g/mol. The van der Waals surface area contributed by atoms with Gasteiger partial charge in [0.2, 0.25) is 5.82 Å². The molecule has 8 heteroatoms. The van der Waals surface area contributed by atoms with Crippen molar-refractivity contribution in [1.82, 2.24) is 9.97 Å². The van der Waals surface area contributed by atoms with Gasteiger partial charge in [-0.25, -0.2) is 4.98 Å². The Balaban J connectivity index is 1.98. The van der Waals surface area contributed by atoms with Crippen LogP contribution in [-0.2, 0) is 4.74 Å². The fourth-order valence-corrected chi connectivity index (χ4v) is 2.93. The Morgan fingerprint density at radius 1 is 1.35 bits per heavy atom. The first kappa shape index (κ1) is 17.6. The number of benzene rings is 1. The quantitative estimate of drug-likeness (QED) is 0.474. The largest absolute Gasteiger partial charge is 0.434 e. The Bertz CT molecular complexity index is 855. The van der Waals surface area contributed by atoms with Crippen molar-refractivity contribution >= 4 is 11.5 Å². The van der Waals surface area contributed by atoms with Gasteiger partial charge >= 0.3 is 11.6 Å². The SMILES string of the molecule is C#Cc1cccc(Oc2ncnc(N3CC(C)OC(C)C3)c2[N+](=O)[O-])c1. The molecule has 0 aliphatic carbocycles. The molecular formula is C18H18N4O4. The van der Waals surface area contributed by atoms with Gasteiger partial charge in [0, 0.05) is 18.7 Å². The Morgan fingerprint density at radius 3 is 2.73 bits per heavy atom. The number of anilines is 1. The third-order valence-corrected chi connectivity index (χ3v) is 3.89. The van der Waals surface area contributed by atoms with Gasteiger partial charge in [-0.2, -0.15) is 4.98 Å². The molecule has 0 saturated carbocycles. The normalized spacial score (nSPS) is 19.7. The second kappa shape index (κ2) is 7.37. The molecule has 1 aliphatic heterocycles. The summed E-state index contributed by atoms with van der Waals surface area (Å²) >= 11 is 0. The van der Waals surface area contributed by atoms with Gasteiger partial charge in [-0.15, -0.1) is 6.42 Å². The van der Waals surface area contributed by atoms with Crippen LogP contribution in [0.1, 0.15) is 19.4 Å². The molecule has 2 unspecified atom stereocenters. The van der Waals surface area contributed by atoms with Crippen LogP contribution in [0.15, 0.2) is 30.6 Å². The number of hydrogen-bond acceptors (Lipinski definition) is 7. The van der Waals surface area contributed by atoms with E-state index in [1.54, 1.807) is 24.3 Å². The molecule has 1 aromatic heterocycles. The summed E-state index contributed by atoms with van der Waals surface area (Å²) in [6, 6.07) is 6.72. The Morgan fingerprint density at radius 2 is 2.08 bits per heavy atom. The molecule has 1 aliphatic rings. The van der Waals surface area contributed by atoms with E-state index in [-0.39, 0.29) is 29.6 Å². The van der Waals surface area contributed by atoms with E-state index >= 15 is 0 Å². The molecule has 134 valence electrons. The standard InChI is InChI=1S/C18H18N4O4/c1-4-14-6-5-7-15(8-14)26-18-16(22(23)24)17(19-11-20-18)21-9-12(2)25-13(3)10-21/h1,5-8,11-13H,9-10H2,2-3H3. The highest BCUT2D eigenvalue weighted by Gasteiger charge is 2.32. The van der Waals surface area contributed by atoms with Crippen LogP contribution in [0.5, 0.6) is 11.6 Å². The van der Waals surface area contributed by atoms with Crippen molar-refractivity contribution in [3.8, 4) is 24.0 Å². The maximum Gasteiger partial charge on any atom is 0.373 e. The first-order valence-corrected chi connectivity index (χ1v) is 8.12. The van der Waals surface area contributed by atoms with E-state index in [1.165, 1.54) is 6.33 Å². The zero-order valence-electron chi connectivity index (χ0n) is 14.5. The first-order valence-electron chi connectivity index (χ1n) is 8.12. The number of morpholine rings is 1. The molecule has 1 fully saturated rings. The van der Waals surface area contributed by atoms with Crippen molar-refractivity contribution < 1.29 is 14.4 Å². The molecule has 3 rings (SSSR count). The lowest BCUT2D eigenvalue weighted by atomic mass is 10.2. The van der Waals surface area contributed by atoms with Crippen LogP contribution >= 0.6 is 0 Å². The van der Waals surface area contributed by atoms with Crippen molar-refractivity contribution in [1.29, 1.82) is 0 Å². The molecule has 8 nitrogen and oxygen atoms in total. The molecular weight excluding hydrogens is 336 g/mol. The molecule has 2 heterocycles. The smallest absolute Gasteiger partial charge is 0.373 e. The minimum Gasteiger partial charge on any atom is -0.434 e. The van der Waals surface area contributed by atoms with Gasteiger partial charge in [-0.05, 0) is 32.0 Å². The number of hydrogen-bond donors (Lipinski definition) is 0. The summed E-state index contributed by atoms with van der Waals surface area (Å²) in [5.41, 5.74) is 0.329. The van der Waals surface area contributed by atoms with Crippen molar-refractivity contribution in [2.24, 2.45) is 0 Å². The van der Waals surface area contributed by atoms with Crippen LogP contribution < -0.4 is 9.64 Å². The molecule has 0 bridgehead atoms. The summed E-state index contributed by atoms with van der Waals surface area (Å²) in [5, 5.41) is 11.7. The number of nitro groups is 1. The van der Waals surface area contributed by atoms with E-state index in [0.29, 0.717) is 24.4 Å². The van der Waals surface area contributed by atoms with Crippen LogP contribution in [0.25, 0.3) is 0 Å². The average molecular weight is 354 g/mol. The number of aromatic nitrogens is 2. The number of nitrogens with zero attached hydrogens (tertiary/aromatic N) is 4. The van der Waals surface area contributed by atoms with Gasteiger partial charge in [0.15, 0.2) is 0 Å². The number of rotatable bonds is 4. The first-order chi connectivity index (χ1) is 12.5. The summed E-state index contributed by atoms with van der Waals surface area (Å²) in [7, 11) is 0. The second-order valence-electron chi connectivity index (χ2n) is 6.04. The molecule has 26 heavy (non-hydrogen) atoms. The van der Waals surface area contributed by atoms with Gasteiger partial charge in [0.1, 0.15) is 12.1 Å². The minimum atomic E-state index is -0.527. The maximum absolute atomic E-state index is 11.7. The lowest BCUT2D eigenvalue weighted by molar-refractivity contribution is -0.385. The Labute approximate surface area is 150 Å². The van der Waals surface area contributed by atoms with E-state index in [1.807, 2.05) is 18.7 Å². The predicted molar refractivity (Wildman–Crippen MR) is 95.4 cm³/mol. The molecule has 1 saturated heterocycles. The topological polar surface area (TPSA) is 90.6 Å². The van der Waals surface area contributed by atoms with Crippen molar-refractivity contribution in [2.75, 3.05) is 18.0 Å². The highest BCUT2D eigenvalue weighted by atomic mass is 16.6. The van der Waals surface area contributed by atoms with Crippen LogP contribution in [0.4, 0.5) is 11.5 Å². The van der Waals surface area contributed by atoms with Crippen LogP contribution in [0.3, 0.4) is 0 Å². The van der Waals surface area contributed by atoms with Crippen molar-refractivity contribution in [2.45, 2.75) is 26.1 Å². The Kier molecular flexibility index (Phi) is 5.00. The van der Waals surface area contributed by atoms with E-state index in [9.17, 15) is 10.1 Å². The van der Waals surface area contributed by atoms with Gasteiger partial charge in [0.05, 0.1) is 17.1 Å². The third kappa shape index (κ3) is 3.73. The van der Waals surface area contributed by atoms with Crippen molar-refractivity contribution in [3.05, 3.63) is 46.3 Å². The van der Waals surface area contributed by atoms with Crippen LogP contribution in [-0.4, -0.2) is 40.2 Å². The van der Waals surface area contributed by atoms with Gasteiger partial charge in [-0.3, -0.25) is 10.1 Å². The predicted octanol–water partition coefficient (Wildman–Crippen LogP) is 2.77. The highest BCUT2D eigenvalue weighted by molar-refractivity contribution is 5.63. The van der Waals surface area contributed by atoms with Gasteiger partial charge in [0.25, 0.3) is 0 Å². The van der Waals surface area contributed by atoms with Gasteiger partial charge in [-0.1, -0.05) is 12.0 Å². The number of terminal acetylenes is 1. The van der Waals surface area contributed by atoms with E-state index in [2.05, 4.69) is 15.9 Å². The number of ether oxygens (including phenoxy) is 2. The maximum atomic E-state index is 11.7. The second-order valence-corrected chi connectivity index (χ2v) is 6.04. The summed E-state index contributed by atoms with van der Waals surface area (Å²) in [6.07, 6.45) is 6.51. The molecule has 0 N–H and O–H groups in total. The fourth-order valence-electron chi connectivity index (χ4n) is 2.93. The summed E-state index contributed by atoms with van der Waals surface area (Å²) in [5.74, 6) is 2.96. The van der Waals surface area contributed by atoms with Gasteiger partial charge < -0.3 is 14.4 Å². The third-order valence-electron chi connectivity index (χ3n) is 3.89. The van der Waals surface area contributed by atoms with Crippen molar-refractivity contribution in [3.63, 3.8) is 0 Å². The summed E-state index contributed by atoms with van der Waals surface area (Å²) in [6.45, 7) is 4.82. The molecule has 2 aromatic rings. The van der Waals surface area contributed by atoms with Crippen LogP contribution in [0, 0.1) is 22.5 Å². The molecule has 0 spiro atoms. The zero-order chi connectivity index (χ0) is 18.7. The van der Waals surface area contributed by atoms with E-state index < -0.39 is 4.92 Å². The average Bonchev–Trinajstić information content (AvgIpc) is 2.60. The van der Waals surface area contributed by atoms with E-state index in [4.69, 9.17) is 15.9 Å². The fraction of sp³-hybridized carbons (Fsp3) is 0.333. The molecule has 0 radical (unpaired) electrons. The zero-order valence-corrected chi connectivity index (χ0v) is 14.5. The molecule has 0 amide bonds. The summed E-state index contributed by atoms with van der Waals surface area (Å²) in [4.78, 5) is 21.1.